The number of hydrogen-bond acceptors (Lipinski definition) is 4. The molecule has 1 N–H and O–H groups in total. The van der Waals surface area contributed by atoms with Gasteiger partial charge in [-0.1, -0.05) is 11.6 Å². The molecular weight excluding hydrogens is 327 g/mol. The number of nitrogens with zero attached hydrogens (tertiary/aromatic N) is 3. The lowest BCUT2D eigenvalue weighted by Gasteiger charge is -2.22. The van der Waals surface area contributed by atoms with Gasteiger partial charge in [0.2, 0.25) is 5.28 Å². The van der Waals surface area contributed by atoms with Crippen molar-refractivity contribution in [1.82, 2.24) is 19.9 Å². The number of ether oxygens (including phenoxy) is 1. The Morgan fingerprint density at radius 2 is 2.09 bits per heavy atom. The minimum Gasteiger partial charge on any atom is -0.444 e. The molecule has 0 spiro atoms. The summed E-state index contributed by atoms with van der Waals surface area (Å²) in [6.45, 7) is 7.83. The highest BCUT2D eigenvalue weighted by Gasteiger charge is 2.18. The van der Waals surface area contributed by atoms with E-state index < -0.39 is 11.7 Å². The first-order chi connectivity index (χ1) is 10.2. The molecule has 1 atom stereocenters. The van der Waals surface area contributed by atoms with Crippen LogP contribution in [0.15, 0.2) is 12.3 Å². The lowest BCUT2D eigenvalue weighted by Crippen LogP contribution is -2.39. The summed E-state index contributed by atoms with van der Waals surface area (Å²) in [5.74, 6) is 0. The molecule has 1 amide bonds. The van der Waals surface area contributed by atoms with Gasteiger partial charge in [0.1, 0.15) is 11.1 Å². The van der Waals surface area contributed by atoms with E-state index in [2.05, 4.69) is 15.3 Å². The number of nitrogens with one attached hydrogen (secondary N) is 1. The van der Waals surface area contributed by atoms with E-state index in [4.69, 9.17) is 27.9 Å². The van der Waals surface area contributed by atoms with Crippen LogP contribution in [0.25, 0.3) is 11.0 Å². The molecule has 0 aromatic carbocycles. The molecule has 120 valence electrons. The fourth-order valence-corrected chi connectivity index (χ4v) is 2.54. The highest BCUT2D eigenvalue weighted by atomic mass is 35.5. The van der Waals surface area contributed by atoms with E-state index in [1.807, 2.05) is 38.5 Å². The molecule has 0 radical (unpaired) electrons. The van der Waals surface area contributed by atoms with E-state index >= 15 is 0 Å². The first-order valence-corrected chi connectivity index (χ1v) is 7.59. The van der Waals surface area contributed by atoms with Crippen molar-refractivity contribution in [3.63, 3.8) is 0 Å². The molecule has 2 heterocycles. The second-order valence-corrected chi connectivity index (χ2v) is 6.73. The number of alkyl carbamates (subject to hydrolysis) is 1. The molecule has 0 fully saturated rings. The summed E-state index contributed by atoms with van der Waals surface area (Å²) in [6.07, 6.45) is 1.37. The van der Waals surface area contributed by atoms with Gasteiger partial charge in [-0.05, 0) is 45.4 Å². The number of rotatable bonds is 3. The maximum absolute atomic E-state index is 11.8. The Bertz CT molecular complexity index is 694. The van der Waals surface area contributed by atoms with Gasteiger partial charge in [-0.2, -0.15) is 0 Å². The molecule has 0 bridgehead atoms. The molecule has 0 aliphatic carbocycles. The Kier molecular flexibility index (Phi) is 4.82. The molecule has 2 aromatic rings. The van der Waals surface area contributed by atoms with Crippen LogP contribution < -0.4 is 5.32 Å². The monoisotopic (exact) mass is 344 g/mol. The SMILES string of the molecule is C[C@@H](Cn1ccc2nc(Cl)nc(Cl)c21)NC(=O)OC(C)(C)C. The van der Waals surface area contributed by atoms with E-state index in [0.29, 0.717) is 17.6 Å². The van der Waals surface area contributed by atoms with Crippen LogP contribution in [0.4, 0.5) is 4.79 Å². The molecular formula is C14H18Cl2N4O2. The van der Waals surface area contributed by atoms with Gasteiger partial charge in [0.25, 0.3) is 0 Å². The Hall–Kier alpha value is -1.53. The van der Waals surface area contributed by atoms with Crippen molar-refractivity contribution in [3.05, 3.63) is 22.7 Å². The molecule has 0 aliphatic rings. The summed E-state index contributed by atoms with van der Waals surface area (Å²) in [6, 6.07) is 1.65. The minimum atomic E-state index is -0.530. The third kappa shape index (κ3) is 4.24. The maximum atomic E-state index is 11.8. The fraction of sp³-hybridized carbons (Fsp3) is 0.500. The number of amides is 1. The van der Waals surface area contributed by atoms with Crippen molar-refractivity contribution in [1.29, 1.82) is 0 Å². The van der Waals surface area contributed by atoms with Crippen molar-refractivity contribution in [2.45, 2.75) is 45.9 Å². The first kappa shape index (κ1) is 16.8. The topological polar surface area (TPSA) is 69.0 Å². The number of halogens is 2. The van der Waals surface area contributed by atoms with Crippen LogP contribution in [0.3, 0.4) is 0 Å². The van der Waals surface area contributed by atoms with Gasteiger partial charge in [0.15, 0.2) is 5.15 Å². The van der Waals surface area contributed by atoms with Gasteiger partial charge in [0.05, 0.1) is 5.52 Å². The van der Waals surface area contributed by atoms with E-state index in [1.165, 1.54) is 0 Å². The van der Waals surface area contributed by atoms with E-state index in [-0.39, 0.29) is 16.5 Å². The third-order valence-electron chi connectivity index (χ3n) is 2.77. The zero-order valence-electron chi connectivity index (χ0n) is 12.9. The van der Waals surface area contributed by atoms with E-state index in [0.717, 1.165) is 0 Å². The quantitative estimate of drug-likeness (QED) is 0.681. The zero-order chi connectivity index (χ0) is 16.5. The van der Waals surface area contributed by atoms with Crippen LogP contribution in [-0.2, 0) is 11.3 Å². The lowest BCUT2D eigenvalue weighted by atomic mass is 10.2. The van der Waals surface area contributed by atoms with Crippen molar-refractivity contribution in [2.24, 2.45) is 0 Å². The standard InChI is InChI=1S/C14H18Cl2N4O2/c1-8(17-13(21)22-14(2,3)4)7-20-6-5-9-10(20)11(15)19-12(16)18-9/h5-6,8H,7H2,1-4H3,(H,17,21)/t8-/m0/s1. The smallest absolute Gasteiger partial charge is 0.407 e. The van der Waals surface area contributed by atoms with Crippen molar-refractivity contribution >= 4 is 40.3 Å². The number of carbonyl (C=O) groups is 1. The highest BCUT2D eigenvalue weighted by molar-refractivity contribution is 6.35. The Balaban J connectivity index is 2.09. The Morgan fingerprint density at radius 3 is 2.73 bits per heavy atom. The molecule has 2 rings (SSSR count). The number of aromatic nitrogens is 3. The molecule has 0 saturated carbocycles. The molecule has 0 unspecified atom stereocenters. The van der Waals surface area contributed by atoms with Crippen molar-refractivity contribution < 1.29 is 9.53 Å². The summed E-state index contributed by atoms with van der Waals surface area (Å²) in [5, 5.41) is 3.17. The predicted octanol–water partition coefficient (Wildman–Crippen LogP) is 3.65. The first-order valence-electron chi connectivity index (χ1n) is 6.83. The predicted molar refractivity (Wildman–Crippen MR) is 86.4 cm³/mol. The molecule has 22 heavy (non-hydrogen) atoms. The van der Waals surface area contributed by atoms with Crippen molar-refractivity contribution in [2.75, 3.05) is 0 Å². The van der Waals surface area contributed by atoms with Gasteiger partial charge < -0.3 is 14.6 Å². The number of fused-ring (bicyclic) bond motifs is 1. The third-order valence-corrected chi connectivity index (χ3v) is 3.21. The largest absolute Gasteiger partial charge is 0.444 e. The summed E-state index contributed by atoms with van der Waals surface area (Å²) in [7, 11) is 0. The summed E-state index contributed by atoms with van der Waals surface area (Å²) in [5.41, 5.74) is 0.816. The van der Waals surface area contributed by atoms with Crippen LogP contribution in [0.2, 0.25) is 10.4 Å². The van der Waals surface area contributed by atoms with Gasteiger partial charge in [-0.25, -0.2) is 14.8 Å². The highest BCUT2D eigenvalue weighted by Crippen LogP contribution is 2.23. The van der Waals surface area contributed by atoms with E-state index in [9.17, 15) is 4.79 Å². The number of carbonyl (C=O) groups excluding carboxylic acids is 1. The minimum absolute atomic E-state index is 0.107. The van der Waals surface area contributed by atoms with Gasteiger partial charge in [-0.15, -0.1) is 0 Å². The molecule has 0 aliphatic heterocycles. The van der Waals surface area contributed by atoms with Crippen LogP contribution in [0.1, 0.15) is 27.7 Å². The van der Waals surface area contributed by atoms with Crippen LogP contribution in [0.5, 0.6) is 0 Å². The van der Waals surface area contributed by atoms with Gasteiger partial charge >= 0.3 is 6.09 Å². The molecule has 0 saturated heterocycles. The van der Waals surface area contributed by atoms with Crippen molar-refractivity contribution in [3.8, 4) is 0 Å². The molecule has 8 heteroatoms. The average molecular weight is 345 g/mol. The van der Waals surface area contributed by atoms with Crippen LogP contribution in [0, 0.1) is 0 Å². The lowest BCUT2D eigenvalue weighted by molar-refractivity contribution is 0.0504. The second kappa shape index (κ2) is 6.30. The number of hydrogen-bond donors (Lipinski definition) is 1. The Labute approximate surface area is 138 Å². The summed E-state index contributed by atoms with van der Waals surface area (Å²) < 4.78 is 7.10. The van der Waals surface area contributed by atoms with Crippen LogP contribution in [-0.4, -0.2) is 32.3 Å². The van der Waals surface area contributed by atoms with Gasteiger partial charge in [-0.3, -0.25) is 0 Å². The summed E-state index contributed by atoms with van der Waals surface area (Å²) in [4.78, 5) is 19.8. The fourth-order valence-electron chi connectivity index (χ4n) is 2.04. The average Bonchev–Trinajstić information content (AvgIpc) is 2.68. The summed E-state index contributed by atoms with van der Waals surface area (Å²) >= 11 is 11.9. The van der Waals surface area contributed by atoms with Gasteiger partial charge in [0, 0.05) is 18.8 Å². The maximum Gasteiger partial charge on any atom is 0.407 e. The Morgan fingerprint density at radius 1 is 1.41 bits per heavy atom. The van der Waals surface area contributed by atoms with E-state index in [1.54, 1.807) is 6.07 Å². The molecule has 6 nitrogen and oxygen atoms in total. The zero-order valence-corrected chi connectivity index (χ0v) is 14.4. The normalized spacial score (nSPS) is 13.2. The molecule has 2 aromatic heterocycles. The second-order valence-electron chi connectivity index (χ2n) is 6.03. The van der Waals surface area contributed by atoms with Crippen LogP contribution >= 0.6 is 23.2 Å².